The van der Waals surface area contributed by atoms with Crippen molar-refractivity contribution in [1.29, 1.82) is 0 Å². The maximum atomic E-state index is 12.9. The van der Waals surface area contributed by atoms with E-state index in [1.807, 2.05) is 61.5 Å². The highest BCUT2D eigenvalue weighted by Crippen LogP contribution is 2.27. The van der Waals surface area contributed by atoms with Gasteiger partial charge in [0, 0.05) is 25.7 Å². The standard InChI is InChI=1S/C28H28Cl2N4O5/c1-17-7-6-10-19(11-17)14-31-25(35)20-12-21(29)24(22(30)13-20)26(36)33-23(27(37)38)15-32-28(39)34(2)16-18-8-4-3-5-9-18/h3-13,23H,14-16H2,1-2H3,(H,31,35)(H,32,39)(H,33,36)(H,37,38)/t23-/m0/s1. The molecule has 0 aromatic heterocycles. The first-order chi connectivity index (χ1) is 18.5. The van der Waals surface area contributed by atoms with Crippen LogP contribution < -0.4 is 16.0 Å². The number of nitrogens with zero attached hydrogens (tertiary/aromatic N) is 1. The van der Waals surface area contributed by atoms with Crippen molar-refractivity contribution in [2.75, 3.05) is 13.6 Å². The molecule has 0 unspecified atom stereocenters. The minimum atomic E-state index is -1.46. The quantitative estimate of drug-likeness (QED) is 0.289. The molecule has 39 heavy (non-hydrogen) atoms. The van der Waals surface area contributed by atoms with Crippen LogP contribution in [-0.2, 0) is 17.9 Å². The van der Waals surface area contributed by atoms with Crippen LogP contribution in [0.1, 0.15) is 37.4 Å². The van der Waals surface area contributed by atoms with E-state index in [1.54, 1.807) is 7.05 Å². The maximum Gasteiger partial charge on any atom is 0.328 e. The van der Waals surface area contributed by atoms with Crippen molar-refractivity contribution in [2.45, 2.75) is 26.1 Å². The first kappa shape index (κ1) is 29.5. The van der Waals surface area contributed by atoms with E-state index in [0.717, 1.165) is 16.7 Å². The Morgan fingerprint density at radius 1 is 0.872 bits per heavy atom. The highest BCUT2D eigenvalue weighted by Gasteiger charge is 2.25. The second-order valence-corrected chi connectivity index (χ2v) is 9.69. The average Bonchev–Trinajstić information content (AvgIpc) is 2.89. The maximum absolute atomic E-state index is 12.9. The Labute approximate surface area is 236 Å². The molecule has 0 spiro atoms. The van der Waals surface area contributed by atoms with Gasteiger partial charge in [-0.1, -0.05) is 83.4 Å². The lowest BCUT2D eigenvalue weighted by Gasteiger charge is -2.21. The van der Waals surface area contributed by atoms with Gasteiger partial charge in [-0.2, -0.15) is 0 Å². The SMILES string of the molecule is Cc1cccc(CNC(=O)c2cc(Cl)c(C(=O)N[C@@H](CNC(=O)N(C)Cc3ccccc3)C(=O)O)c(Cl)c2)c1. The van der Waals surface area contributed by atoms with Crippen LogP contribution in [0.2, 0.25) is 10.0 Å². The number of carbonyl (C=O) groups is 4. The molecule has 0 radical (unpaired) electrons. The van der Waals surface area contributed by atoms with E-state index in [0.29, 0.717) is 6.54 Å². The van der Waals surface area contributed by atoms with Crippen molar-refractivity contribution in [1.82, 2.24) is 20.9 Å². The molecule has 3 aromatic carbocycles. The van der Waals surface area contributed by atoms with Gasteiger partial charge >= 0.3 is 12.0 Å². The third-order valence-corrected chi connectivity index (χ3v) is 6.33. The molecule has 4 amide bonds. The number of benzene rings is 3. The Balaban J connectivity index is 1.61. The molecule has 4 N–H and O–H groups in total. The van der Waals surface area contributed by atoms with Gasteiger partial charge in [0.15, 0.2) is 0 Å². The van der Waals surface area contributed by atoms with Crippen LogP contribution >= 0.6 is 23.2 Å². The number of carboxylic acid groups (broad SMARTS) is 1. The van der Waals surface area contributed by atoms with Gasteiger partial charge in [0.1, 0.15) is 6.04 Å². The molecule has 3 rings (SSSR count). The molecule has 0 aliphatic rings. The topological polar surface area (TPSA) is 128 Å². The molecule has 0 aliphatic heterocycles. The molecule has 1 atom stereocenters. The van der Waals surface area contributed by atoms with Gasteiger partial charge in [0.05, 0.1) is 22.2 Å². The second kappa shape index (κ2) is 13.6. The van der Waals surface area contributed by atoms with Crippen molar-refractivity contribution in [3.05, 3.63) is 105 Å². The van der Waals surface area contributed by atoms with E-state index >= 15 is 0 Å². The third kappa shape index (κ3) is 8.46. The third-order valence-electron chi connectivity index (χ3n) is 5.74. The number of carboxylic acids is 1. The summed E-state index contributed by atoms with van der Waals surface area (Å²) in [7, 11) is 1.56. The van der Waals surface area contributed by atoms with Crippen LogP contribution in [0.5, 0.6) is 0 Å². The summed E-state index contributed by atoms with van der Waals surface area (Å²) in [6, 6.07) is 17.5. The fraction of sp³-hybridized carbons (Fsp3) is 0.214. The van der Waals surface area contributed by atoms with E-state index in [-0.39, 0.29) is 34.3 Å². The lowest BCUT2D eigenvalue weighted by atomic mass is 10.1. The van der Waals surface area contributed by atoms with Crippen molar-refractivity contribution in [2.24, 2.45) is 0 Å². The monoisotopic (exact) mass is 570 g/mol. The van der Waals surface area contributed by atoms with E-state index < -0.39 is 29.9 Å². The van der Waals surface area contributed by atoms with Crippen molar-refractivity contribution in [3.8, 4) is 0 Å². The van der Waals surface area contributed by atoms with Gasteiger partial charge < -0.3 is 26.0 Å². The summed E-state index contributed by atoms with van der Waals surface area (Å²) in [5.74, 6) is -2.68. The summed E-state index contributed by atoms with van der Waals surface area (Å²) in [5.41, 5.74) is 2.82. The number of nitrogens with one attached hydrogen (secondary N) is 3. The van der Waals surface area contributed by atoms with Crippen LogP contribution in [0.25, 0.3) is 0 Å². The lowest BCUT2D eigenvalue weighted by Crippen LogP contribution is -2.50. The van der Waals surface area contributed by atoms with Crippen LogP contribution in [0.15, 0.2) is 66.7 Å². The first-order valence-electron chi connectivity index (χ1n) is 11.9. The number of urea groups is 1. The molecule has 204 valence electrons. The molecule has 9 nitrogen and oxygen atoms in total. The van der Waals surface area contributed by atoms with E-state index in [1.165, 1.54) is 17.0 Å². The first-order valence-corrected chi connectivity index (χ1v) is 12.7. The summed E-state index contributed by atoms with van der Waals surface area (Å²) in [6.07, 6.45) is 0. The Morgan fingerprint density at radius 3 is 2.13 bits per heavy atom. The van der Waals surface area contributed by atoms with Gasteiger partial charge in [-0.15, -0.1) is 0 Å². The average molecular weight is 571 g/mol. The molecular weight excluding hydrogens is 543 g/mol. The van der Waals surface area contributed by atoms with E-state index in [2.05, 4.69) is 16.0 Å². The zero-order valence-electron chi connectivity index (χ0n) is 21.3. The summed E-state index contributed by atoms with van der Waals surface area (Å²) in [5, 5.41) is 16.9. The molecule has 0 saturated carbocycles. The Bertz CT molecular complexity index is 1340. The predicted molar refractivity (Wildman–Crippen MR) is 149 cm³/mol. The number of hydrogen-bond donors (Lipinski definition) is 4. The predicted octanol–water partition coefficient (Wildman–Crippen LogP) is 4.26. The zero-order valence-corrected chi connectivity index (χ0v) is 22.8. The number of amides is 4. The number of halogens is 2. The smallest absolute Gasteiger partial charge is 0.328 e. The minimum absolute atomic E-state index is 0.128. The van der Waals surface area contributed by atoms with Crippen molar-refractivity contribution in [3.63, 3.8) is 0 Å². The Hall–Kier alpha value is -4.08. The fourth-order valence-corrected chi connectivity index (χ4v) is 4.37. The summed E-state index contributed by atoms with van der Waals surface area (Å²) >= 11 is 12.5. The molecule has 0 fully saturated rings. The number of rotatable bonds is 10. The highest BCUT2D eigenvalue weighted by molar-refractivity contribution is 6.40. The van der Waals surface area contributed by atoms with Crippen LogP contribution in [0.4, 0.5) is 4.79 Å². The van der Waals surface area contributed by atoms with E-state index in [4.69, 9.17) is 23.2 Å². The van der Waals surface area contributed by atoms with Gasteiger partial charge in [0.25, 0.3) is 11.8 Å². The zero-order chi connectivity index (χ0) is 28.5. The second-order valence-electron chi connectivity index (χ2n) is 8.88. The van der Waals surface area contributed by atoms with Crippen LogP contribution in [0, 0.1) is 6.92 Å². The highest BCUT2D eigenvalue weighted by atomic mass is 35.5. The van der Waals surface area contributed by atoms with Gasteiger partial charge in [-0.3, -0.25) is 9.59 Å². The summed E-state index contributed by atoms with van der Waals surface area (Å²) in [6.45, 7) is 2.16. The minimum Gasteiger partial charge on any atom is -0.480 e. The van der Waals surface area contributed by atoms with Crippen molar-refractivity contribution >= 4 is 47.0 Å². The Morgan fingerprint density at radius 2 is 1.51 bits per heavy atom. The van der Waals surface area contributed by atoms with Crippen LogP contribution in [-0.4, -0.2) is 53.5 Å². The fourth-order valence-electron chi connectivity index (χ4n) is 3.71. The largest absolute Gasteiger partial charge is 0.480 e. The molecular formula is C28H28Cl2N4O5. The lowest BCUT2D eigenvalue weighted by molar-refractivity contribution is -0.139. The van der Waals surface area contributed by atoms with Crippen LogP contribution in [0.3, 0.4) is 0 Å². The molecule has 3 aromatic rings. The molecule has 0 saturated heterocycles. The number of aryl methyl sites for hydroxylation is 1. The normalized spacial score (nSPS) is 11.3. The van der Waals surface area contributed by atoms with Gasteiger partial charge in [-0.05, 0) is 30.2 Å². The summed E-state index contributed by atoms with van der Waals surface area (Å²) in [4.78, 5) is 51.1. The number of aliphatic carboxylic acids is 1. The Kier molecular flexibility index (Phi) is 10.3. The molecule has 0 aliphatic carbocycles. The van der Waals surface area contributed by atoms with Gasteiger partial charge in [-0.25, -0.2) is 9.59 Å². The molecule has 0 bridgehead atoms. The number of hydrogen-bond acceptors (Lipinski definition) is 4. The van der Waals surface area contributed by atoms with Crippen molar-refractivity contribution < 1.29 is 24.3 Å². The molecule has 0 heterocycles. The number of carbonyl (C=O) groups excluding carboxylic acids is 3. The van der Waals surface area contributed by atoms with Gasteiger partial charge in [0.2, 0.25) is 0 Å². The summed E-state index contributed by atoms with van der Waals surface area (Å²) < 4.78 is 0. The molecule has 11 heteroatoms. The van der Waals surface area contributed by atoms with E-state index in [9.17, 15) is 24.3 Å².